The third-order valence-corrected chi connectivity index (χ3v) is 4.26. The smallest absolute Gasteiger partial charge is 0.271 e. The molecular formula is C19H16N8O3. The number of benzene rings is 2. The SMILES string of the molecule is Cn1nc(C(=O)NNC(=O)Cn2nnc(-c3ccccc3)n2)c2ccccc2c1=O. The monoisotopic (exact) mass is 404 g/mol. The predicted molar refractivity (Wildman–Crippen MR) is 106 cm³/mol. The molecule has 0 aliphatic heterocycles. The molecule has 30 heavy (non-hydrogen) atoms. The molecule has 0 radical (unpaired) electrons. The van der Waals surface area contributed by atoms with Crippen LogP contribution in [-0.2, 0) is 18.4 Å². The first-order chi connectivity index (χ1) is 14.5. The Morgan fingerprint density at radius 1 is 0.933 bits per heavy atom. The summed E-state index contributed by atoms with van der Waals surface area (Å²) in [6, 6.07) is 15.8. The molecule has 0 spiro atoms. The average molecular weight is 404 g/mol. The lowest BCUT2D eigenvalue weighted by molar-refractivity contribution is -0.122. The number of rotatable bonds is 4. The van der Waals surface area contributed by atoms with Crippen molar-refractivity contribution in [3.05, 3.63) is 70.6 Å². The first-order valence-electron chi connectivity index (χ1n) is 8.91. The Bertz CT molecular complexity index is 1300. The third kappa shape index (κ3) is 3.76. The van der Waals surface area contributed by atoms with Crippen LogP contribution in [0.5, 0.6) is 0 Å². The van der Waals surface area contributed by atoms with Crippen molar-refractivity contribution in [3.63, 3.8) is 0 Å². The van der Waals surface area contributed by atoms with Crippen molar-refractivity contribution in [1.29, 1.82) is 0 Å². The summed E-state index contributed by atoms with van der Waals surface area (Å²) >= 11 is 0. The van der Waals surface area contributed by atoms with Gasteiger partial charge >= 0.3 is 0 Å². The maximum atomic E-state index is 12.5. The number of aromatic nitrogens is 6. The molecule has 0 bridgehead atoms. The van der Waals surface area contributed by atoms with Crippen LogP contribution in [-0.4, -0.2) is 41.8 Å². The zero-order valence-electron chi connectivity index (χ0n) is 15.8. The van der Waals surface area contributed by atoms with Gasteiger partial charge in [0.2, 0.25) is 5.82 Å². The van der Waals surface area contributed by atoms with E-state index in [1.165, 1.54) is 7.05 Å². The Labute approximate surface area is 169 Å². The summed E-state index contributed by atoms with van der Waals surface area (Å²) in [6.07, 6.45) is 0. The van der Waals surface area contributed by atoms with E-state index >= 15 is 0 Å². The lowest BCUT2D eigenvalue weighted by Gasteiger charge is -2.09. The molecule has 0 atom stereocenters. The van der Waals surface area contributed by atoms with Gasteiger partial charge in [0.1, 0.15) is 6.54 Å². The van der Waals surface area contributed by atoms with Crippen LogP contribution < -0.4 is 16.4 Å². The van der Waals surface area contributed by atoms with E-state index in [1.807, 2.05) is 30.3 Å². The fourth-order valence-corrected chi connectivity index (χ4v) is 2.83. The first kappa shape index (κ1) is 18.9. The average Bonchev–Trinajstić information content (AvgIpc) is 3.23. The molecule has 2 heterocycles. The van der Waals surface area contributed by atoms with Crippen LogP contribution in [0, 0.1) is 0 Å². The summed E-state index contributed by atoms with van der Waals surface area (Å²) in [4.78, 5) is 37.9. The van der Waals surface area contributed by atoms with Crippen LogP contribution in [0.25, 0.3) is 22.2 Å². The second-order valence-corrected chi connectivity index (χ2v) is 6.33. The molecular weight excluding hydrogens is 388 g/mol. The Morgan fingerprint density at radius 3 is 2.40 bits per heavy atom. The number of hydrogen-bond donors (Lipinski definition) is 2. The molecule has 2 aromatic heterocycles. The van der Waals surface area contributed by atoms with E-state index in [4.69, 9.17) is 0 Å². The zero-order chi connectivity index (χ0) is 21.1. The first-order valence-corrected chi connectivity index (χ1v) is 8.91. The minimum absolute atomic E-state index is 0.0123. The highest BCUT2D eigenvalue weighted by atomic mass is 16.2. The van der Waals surface area contributed by atoms with Crippen molar-refractivity contribution in [3.8, 4) is 11.4 Å². The van der Waals surface area contributed by atoms with Crippen LogP contribution in [0.1, 0.15) is 10.5 Å². The number of nitrogens with zero attached hydrogens (tertiary/aromatic N) is 6. The Balaban J connectivity index is 1.43. The molecule has 0 saturated carbocycles. The molecule has 11 nitrogen and oxygen atoms in total. The second-order valence-electron chi connectivity index (χ2n) is 6.33. The van der Waals surface area contributed by atoms with Crippen LogP contribution in [0.2, 0.25) is 0 Å². The number of nitrogens with one attached hydrogen (secondary N) is 2. The van der Waals surface area contributed by atoms with Gasteiger partial charge in [-0.1, -0.05) is 48.5 Å². The highest BCUT2D eigenvalue weighted by molar-refractivity contribution is 6.05. The summed E-state index contributed by atoms with van der Waals surface area (Å²) in [6.45, 7) is -0.248. The van der Waals surface area contributed by atoms with E-state index in [9.17, 15) is 14.4 Å². The van der Waals surface area contributed by atoms with Gasteiger partial charge in [-0.2, -0.15) is 9.90 Å². The van der Waals surface area contributed by atoms with Crippen LogP contribution in [0.15, 0.2) is 59.4 Å². The normalized spacial score (nSPS) is 10.7. The van der Waals surface area contributed by atoms with Crippen molar-refractivity contribution in [1.82, 2.24) is 40.8 Å². The highest BCUT2D eigenvalue weighted by Crippen LogP contribution is 2.13. The molecule has 0 aliphatic carbocycles. The number of tetrazole rings is 1. The maximum absolute atomic E-state index is 12.5. The molecule has 0 saturated heterocycles. The Morgan fingerprint density at radius 2 is 1.63 bits per heavy atom. The van der Waals surface area contributed by atoms with Crippen molar-refractivity contribution in [2.45, 2.75) is 6.54 Å². The van der Waals surface area contributed by atoms with Crippen molar-refractivity contribution < 1.29 is 9.59 Å². The van der Waals surface area contributed by atoms with E-state index in [0.29, 0.717) is 16.6 Å². The minimum atomic E-state index is -0.660. The van der Waals surface area contributed by atoms with E-state index in [-0.39, 0.29) is 17.8 Å². The van der Waals surface area contributed by atoms with Gasteiger partial charge in [0.25, 0.3) is 17.4 Å². The van der Waals surface area contributed by atoms with Gasteiger partial charge in [0.05, 0.1) is 5.39 Å². The number of amides is 2. The topological polar surface area (TPSA) is 137 Å². The van der Waals surface area contributed by atoms with E-state index in [0.717, 1.165) is 15.0 Å². The number of fused-ring (bicyclic) bond motifs is 1. The summed E-state index contributed by atoms with van der Waals surface area (Å²) in [7, 11) is 1.45. The molecule has 0 unspecified atom stereocenters. The predicted octanol–water partition coefficient (Wildman–Crippen LogP) is 0.0482. The number of carbonyl (C=O) groups excluding carboxylic acids is 2. The van der Waals surface area contributed by atoms with Crippen molar-refractivity contribution in [2.75, 3.05) is 0 Å². The van der Waals surface area contributed by atoms with Gasteiger partial charge in [-0.25, -0.2) is 4.68 Å². The summed E-state index contributed by atoms with van der Waals surface area (Å²) in [5.74, 6) is -0.838. The second kappa shape index (κ2) is 7.91. The van der Waals surface area contributed by atoms with Crippen molar-refractivity contribution >= 4 is 22.6 Å². The summed E-state index contributed by atoms with van der Waals surface area (Å²) in [5, 5.41) is 16.6. The molecule has 2 N–H and O–H groups in total. The molecule has 0 fully saturated rings. The fraction of sp³-hybridized carbons (Fsp3) is 0.105. The molecule has 150 valence electrons. The molecule has 2 aromatic carbocycles. The number of carbonyl (C=O) groups is 2. The number of aryl methyl sites for hydroxylation is 1. The fourth-order valence-electron chi connectivity index (χ4n) is 2.83. The largest absolute Gasteiger partial charge is 0.290 e. The van der Waals surface area contributed by atoms with Gasteiger partial charge < -0.3 is 0 Å². The Kier molecular flexibility index (Phi) is 4.99. The number of hydrazine groups is 1. The van der Waals surface area contributed by atoms with Gasteiger partial charge in [-0.05, 0) is 11.3 Å². The maximum Gasteiger partial charge on any atom is 0.290 e. The molecule has 4 aromatic rings. The van der Waals surface area contributed by atoms with Gasteiger partial charge in [0, 0.05) is 18.0 Å². The van der Waals surface area contributed by atoms with Crippen LogP contribution >= 0.6 is 0 Å². The van der Waals surface area contributed by atoms with Crippen LogP contribution in [0.3, 0.4) is 0 Å². The van der Waals surface area contributed by atoms with E-state index in [2.05, 4.69) is 31.4 Å². The zero-order valence-corrected chi connectivity index (χ0v) is 15.8. The molecule has 2 amide bonds. The Hall–Kier alpha value is -4.41. The quantitative estimate of drug-likeness (QED) is 0.459. The lowest BCUT2D eigenvalue weighted by atomic mass is 10.1. The van der Waals surface area contributed by atoms with Gasteiger partial charge in [-0.15, -0.1) is 10.2 Å². The third-order valence-electron chi connectivity index (χ3n) is 4.26. The van der Waals surface area contributed by atoms with Crippen LogP contribution in [0.4, 0.5) is 0 Å². The minimum Gasteiger partial charge on any atom is -0.271 e. The molecule has 11 heteroatoms. The van der Waals surface area contributed by atoms with E-state index in [1.54, 1.807) is 24.3 Å². The molecule has 4 rings (SSSR count). The molecule has 0 aliphatic rings. The van der Waals surface area contributed by atoms with E-state index < -0.39 is 11.8 Å². The summed E-state index contributed by atoms with van der Waals surface area (Å²) in [5.41, 5.74) is 5.03. The number of hydrogen-bond acceptors (Lipinski definition) is 7. The standard InChI is InChI=1S/C19H16N8O3/c1-26-19(30)14-10-6-5-9-13(14)16(23-26)18(29)22-20-15(28)11-27-24-17(21-25-27)12-7-3-2-4-8-12/h2-10H,11H2,1H3,(H,20,28)(H,22,29). The lowest BCUT2D eigenvalue weighted by Crippen LogP contribution is -2.44. The van der Waals surface area contributed by atoms with Crippen molar-refractivity contribution in [2.24, 2.45) is 7.05 Å². The highest BCUT2D eigenvalue weighted by Gasteiger charge is 2.16. The van der Waals surface area contributed by atoms with Gasteiger partial charge in [0.15, 0.2) is 5.69 Å². The summed E-state index contributed by atoms with van der Waals surface area (Å²) < 4.78 is 1.07. The van der Waals surface area contributed by atoms with Gasteiger partial charge in [-0.3, -0.25) is 25.2 Å².